The zero-order chi connectivity index (χ0) is 44.7. The molecule has 8 heterocycles. The van der Waals surface area contributed by atoms with Crippen LogP contribution in [0.1, 0.15) is 111 Å². The smallest absolute Gasteiger partial charge is 0.228 e. The van der Waals surface area contributed by atoms with E-state index in [1.54, 1.807) is 9.03 Å². The van der Waals surface area contributed by atoms with Crippen molar-refractivity contribution >= 4 is 57.5 Å². The summed E-state index contributed by atoms with van der Waals surface area (Å²) < 4.78 is 29.8. The molecule has 8 aromatic rings. The number of aromatic nitrogens is 12. The molecule has 4 saturated carbocycles. The third-order valence-electron chi connectivity index (χ3n) is 12.9. The molecule has 6 N–H and O–H groups in total. The Kier molecular flexibility index (Phi) is 10.8. The van der Waals surface area contributed by atoms with Crippen LogP contribution in [0.4, 0.5) is 43.4 Å². The molecule has 0 saturated heterocycles. The lowest BCUT2D eigenvalue weighted by atomic mass is 9.94. The molecule has 8 aromatic heterocycles. The SMILES string of the molecule is O=C(Nc1ccc(F)nc1)[C@@H]1CCC[C@H]1c1nc(Nc2cc(C3CC3)[nH]n2)c2cccn2n1.O=C(Nc1ccc(F)nc1)[C@H]1CCC[C@@H]1c1nc(Nc2cc(C3CC3)[nH]n2)c2cccn2n1. The molecule has 4 aliphatic carbocycles. The van der Waals surface area contributed by atoms with E-state index in [4.69, 9.17) is 20.2 Å². The molecule has 0 aliphatic heterocycles. The maximum absolute atomic E-state index is 13.1. The number of amides is 2. The number of halogens is 2. The Labute approximate surface area is 375 Å². The van der Waals surface area contributed by atoms with Crippen LogP contribution in [-0.2, 0) is 9.59 Å². The topological polar surface area (TPSA) is 226 Å². The minimum atomic E-state index is -0.582. The molecular formula is C46H46F2N16O2. The van der Waals surface area contributed by atoms with Gasteiger partial charge in [-0.25, -0.2) is 29.0 Å². The van der Waals surface area contributed by atoms with E-state index in [1.165, 1.54) is 62.3 Å². The van der Waals surface area contributed by atoms with E-state index in [1.807, 2.05) is 48.8 Å². The molecule has 18 nitrogen and oxygen atoms in total. The highest BCUT2D eigenvalue weighted by atomic mass is 19.1. The molecule has 0 radical (unpaired) electrons. The highest BCUT2D eigenvalue weighted by Crippen LogP contribution is 2.43. The number of fused-ring (bicyclic) bond motifs is 2. The van der Waals surface area contributed by atoms with Crippen molar-refractivity contribution in [3.05, 3.63) is 120 Å². The first-order valence-electron chi connectivity index (χ1n) is 22.5. The van der Waals surface area contributed by atoms with Gasteiger partial charge in [0.25, 0.3) is 0 Å². The van der Waals surface area contributed by atoms with Gasteiger partial charge in [-0.2, -0.15) is 29.2 Å². The molecule has 0 bridgehead atoms. The summed E-state index contributed by atoms with van der Waals surface area (Å²) in [7, 11) is 0. The predicted octanol–water partition coefficient (Wildman–Crippen LogP) is 8.26. The van der Waals surface area contributed by atoms with E-state index in [9.17, 15) is 18.4 Å². The van der Waals surface area contributed by atoms with E-state index in [0.29, 0.717) is 58.1 Å². The van der Waals surface area contributed by atoms with E-state index >= 15 is 0 Å². The Hall–Kier alpha value is -7.64. The summed E-state index contributed by atoms with van der Waals surface area (Å²) in [6.07, 6.45) is 16.1. The maximum atomic E-state index is 13.1. The Balaban J connectivity index is 0.000000146. The van der Waals surface area contributed by atoms with Gasteiger partial charge in [-0.15, -0.1) is 0 Å². The number of nitrogens with zero attached hydrogens (tertiary/aromatic N) is 10. The van der Waals surface area contributed by atoms with Crippen molar-refractivity contribution in [3.8, 4) is 0 Å². The monoisotopic (exact) mass is 892 g/mol. The minimum Gasteiger partial charge on any atom is -0.324 e. The summed E-state index contributed by atoms with van der Waals surface area (Å²) in [6.45, 7) is 0. The molecule has 4 atom stereocenters. The zero-order valence-corrected chi connectivity index (χ0v) is 35.7. The molecule has 0 spiro atoms. The first-order valence-corrected chi connectivity index (χ1v) is 22.5. The number of hydrogen-bond acceptors (Lipinski definition) is 12. The summed E-state index contributed by atoms with van der Waals surface area (Å²) in [4.78, 5) is 42.9. The number of hydrogen-bond donors (Lipinski definition) is 6. The van der Waals surface area contributed by atoms with Gasteiger partial charge in [0.15, 0.2) is 34.9 Å². The molecule has 4 aliphatic rings. The number of aromatic amines is 2. The van der Waals surface area contributed by atoms with Crippen molar-refractivity contribution in [1.82, 2.24) is 59.6 Å². The van der Waals surface area contributed by atoms with Crippen LogP contribution < -0.4 is 21.3 Å². The molecular weight excluding hydrogens is 847 g/mol. The molecule has 66 heavy (non-hydrogen) atoms. The lowest BCUT2D eigenvalue weighted by Crippen LogP contribution is -2.26. The highest BCUT2D eigenvalue weighted by Gasteiger charge is 2.38. The maximum Gasteiger partial charge on any atom is 0.228 e. The molecule has 336 valence electrons. The van der Waals surface area contributed by atoms with Crippen molar-refractivity contribution in [2.45, 2.75) is 87.9 Å². The number of anilines is 6. The molecule has 4 fully saturated rings. The van der Waals surface area contributed by atoms with Gasteiger partial charge in [-0.05, 0) is 99.9 Å². The highest BCUT2D eigenvalue weighted by molar-refractivity contribution is 5.94. The van der Waals surface area contributed by atoms with E-state index in [-0.39, 0.29) is 35.5 Å². The van der Waals surface area contributed by atoms with Crippen LogP contribution in [0.25, 0.3) is 11.0 Å². The van der Waals surface area contributed by atoms with Gasteiger partial charge in [0.1, 0.15) is 11.0 Å². The van der Waals surface area contributed by atoms with E-state index in [0.717, 1.165) is 60.9 Å². The lowest BCUT2D eigenvalue weighted by Gasteiger charge is -2.19. The van der Waals surface area contributed by atoms with Crippen LogP contribution in [0.5, 0.6) is 0 Å². The molecule has 2 amide bonds. The van der Waals surface area contributed by atoms with Crippen LogP contribution in [0.2, 0.25) is 0 Å². The van der Waals surface area contributed by atoms with Gasteiger partial charge in [-0.3, -0.25) is 19.8 Å². The Morgan fingerprint density at radius 3 is 1.45 bits per heavy atom. The van der Waals surface area contributed by atoms with Crippen LogP contribution >= 0.6 is 0 Å². The second-order valence-electron chi connectivity index (χ2n) is 17.5. The van der Waals surface area contributed by atoms with Gasteiger partial charge in [0.2, 0.25) is 23.7 Å². The fourth-order valence-electron chi connectivity index (χ4n) is 9.19. The minimum absolute atomic E-state index is 0.119. The van der Waals surface area contributed by atoms with Crippen LogP contribution in [0, 0.1) is 23.7 Å². The van der Waals surface area contributed by atoms with Crippen molar-refractivity contribution < 1.29 is 18.4 Å². The van der Waals surface area contributed by atoms with Gasteiger partial charge >= 0.3 is 0 Å². The van der Waals surface area contributed by atoms with Crippen LogP contribution in [0.3, 0.4) is 0 Å². The average Bonchev–Trinajstić information content (AvgIpc) is 3.81. The largest absolute Gasteiger partial charge is 0.324 e. The first kappa shape index (κ1) is 41.1. The average molecular weight is 893 g/mol. The van der Waals surface area contributed by atoms with Gasteiger partial charge < -0.3 is 21.3 Å². The lowest BCUT2D eigenvalue weighted by molar-refractivity contribution is -0.121. The number of carbonyl (C=O) groups excluding carboxylic acids is 2. The third kappa shape index (κ3) is 8.77. The molecule has 0 unspecified atom stereocenters. The first-order chi connectivity index (χ1) is 32.3. The predicted molar refractivity (Wildman–Crippen MR) is 239 cm³/mol. The van der Waals surface area contributed by atoms with Crippen molar-refractivity contribution in [1.29, 1.82) is 0 Å². The van der Waals surface area contributed by atoms with Gasteiger partial charge in [-0.1, -0.05) is 12.8 Å². The third-order valence-corrected chi connectivity index (χ3v) is 12.9. The summed E-state index contributed by atoms with van der Waals surface area (Å²) >= 11 is 0. The van der Waals surface area contributed by atoms with Crippen LogP contribution in [0.15, 0.2) is 85.5 Å². The number of rotatable bonds is 12. The van der Waals surface area contributed by atoms with E-state index < -0.39 is 11.9 Å². The summed E-state index contributed by atoms with van der Waals surface area (Å²) in [5, 5.41) is 36.8. The van der Waals surface area contributed by atoms with Gasteiger partial charge in [0, 0.05) is 71.4 Å². The number of carbonyl (C=O) groups is 2. The second-order valence-corrected chi connectivity index (χ2v) is 17.5. The van der Waals surface area contributed by atoms with Crippen molar-refractivity contribution in [2.75, 3.05) is 21.3 Å². The quantitative estimate of drug-likeness (QED) is 0.0638. The van der Waals surface area contributed by atoms with Crippen molar-refractivity contribution in [3.63, 3.8) is 0 Å². The number of pyridine rings is 2. The van der Waals surface area contributed by atoms with Crippen LogP contribution in [-0.4, -0.2) is 71.4 Å². The summed E-state index contributed by atoms with van der Waals surface area (Å²) in [5.74, 6) is 2.95. The fraction of sp³-hybridized carbons (Fsp3) is 0.348. The summed E-state index contributed by atoms with van der Waals surface area (Å²) in [5.41, 5.74) is 4.90. The second kappa shape index (κ2) is 17.4. The molecule has 20 heteroatoms. The summed E-state index contributed by atoms with van der Waals surface area (Å²) in [6, 6.07) is 17.3. The Bertz CT molecular complexity index is 2820. The van der Waals surface area contributed by atoms with E-state index in [2.05, 4.69) is 51.6 Å². The normalized spacial score (nSPS) is 20.3. The van der Waals surface area contributed by atoms with Crippen molar-refractivity contribution in [2.24, 2.45) is 11.8 Å². The Morgan fingerprint density at radius 1 is 0.591 bits per heavy atom. The Morgan fingerprint density at radius 2 is 1.05 bits per heavy atom. The zero-order valence-electron chi connectivity index (χ0n) is 35.7. The molecule has 12 rings (SSSR count). The van der Waals surface area contributed by atoms with Gasteiger partial charge in [0.05, 0.1) is 23.8 Å². The number of H-pyrrole nitrogens is 2. The molecule has 0 aromatic carbocycles. The standard InChI is InChI=1S/2C23H23FN8O/c2*24-19-9-8-14(12-25-19)26-23(33)16-4-1-3-15(16)21-28-22(18-5-2-10-32(18)31-21)27-20-11-17(29-30-20)13-6-7-13/h2*2,5,8-13,15-16H,1,3-4,6-7H2,(H,26,33)(H2,27,28,29,30,31)/t2*15-,16-/m10/s1. The fourth-order valence-corrected chi connectivity index (χ4v) is 9.19. The number of nitrogens with one attached hydrogen (secondary N) is 6.